The van der Waals surface area contributed by atoms with Crippen LogP contribution in [0.25, 0.3) is 0 Å². The Morgan fingerprint density at radius 2 is 1.67 bits per heavy atom. The first-order valence-electron chi connectivity index (χ1n) is 7.90. The molecule has 5 heteroatoms. The Kier molecular flexibility index (Phi) is 5.21. The Balaban J connectivity index is 2.67. The summed E-state index contributed by atoms with van der Waals surface area (Å²) in [6.07, 6.45) is 0.802. The normalized spacial score (nSPS) is 24.3. The molecular weight excluding hydrogens is 282 g/mol. The van der Waals surface area contributed by atoms with E-state index in [1.165, 1.54) is 0 Å². The Morgan fingerprint density at radius 3 is 2.10 bits per heavy atom. The van der Waals surface area contributed by atoms with E-state index in [0.29, 0.717) is 6.54 Å². The molecule has 0 radical (unpaired) electrons. The SMILES string of the molecule is CC1C[C@@H](O[Si](C)(C)C(C)(C)C)CN1C(=O)OC(C)(C)C. The van der Waals surface area contributed by atoms with Crippen molar-refractivity contribution < 1.29 is 14.0 Å². The van der Waals surface area contributed by atoms with Crippen molar-refractivity contribution >= 4 is 14.4 Å². The van der Waals surface area contributed by atoms with Crippen LogP contribution >= 0.6 is 0 Å². The molecule has 124 valence electrons. The van der Waals surface area contributed by atoms with E-state index in [2.05, 4.69) is 40.8 Å². The number of amides is 1. The number of hydrogen-bond acceptors (Lipinski definition) is 3. The first-order chi connectivity index (χ1) is 9.23. The summed E-state index contributed by atoms with van der Waals surface area (Å²) >= 11 is 0. The maximum Gasteiger partial charge on any atom is 0.410 e. The first-order valence-corrected chi connectivity index (χ1v) is 10.8. The topological polar surface area (TPSA) is 38.8 Å². The zero-order chi connectivity index (χ0) is 16.6. The third-order valence-electron chi connectivity index (χ3n) is 4.43. The Bertz CT molecular complexity index is 382. The van der Waals surface area contributed by atoms with Crippen LogP contribution in [-0.2, 0) is 9.16 Å². The highest BCUT2D eigenvalue weighted by atomic mass is 28.4. The van der Waals surface area contributed by atoms with E-state index in [4.69, 9.17) is 9.16 Å². The summed E-state index contributed by atoms with van der Waals surface area (Å²) in [7, 11) is -1.79. The van der Waals surface area contributed by atoms with Crippen LogP contribution in [0.5, 0.6) is 0 Å². The second kappa shape index (κ2) is 5.92. The summed E-state index contributed by atoms with van der Waals surface area (Å²) in [6.45, 7) is 19.6. The summed E-state index contributed by atoms with van der Waals surface area (Å²) in [6, 6.07) is 0.176. The molecule has 0 spiro atoms. The van der Waals surface area contributed by atoms with Crippen molar-refractivity contribution in [3.8, 4) is 0 Å². The molecule has 1 saturated heterocycles. The number of carbonyl (C=O) groups excluding carboxylic acids is 1. The van der Waals surface area contributed by atoms with E-state index in [1.807, 2.05) is 25.7 Å². The summed E-state index contributed by atoms with van der Waals surface area (Å²) in [5.41, 5.74) is -0.449. The molecule has 0 N–H and O–H groups in total. The van der Waals surface area contributed by atoms with Crippen LogP contribution in [-0.4, -0.2) is 43.6 Å². The minimum absolute atomic E-state index is 0.133. The maximum atomic E-state index is 12.2. The summed E-state index contributed by atoms with van der Waals surface area (Å²) in [4.78, 5) is 14.0. The summed E-state index contributed by atoms with van der Waals surface area (Å²) in [5.74, 6) is 0. The van der Waals surface area contributed by atoms with Crippen molar-refractivity contribution in [2.75, 3.05) is 6.54 Å². The van der Waals surface area contributed by atoms with Crippen LogP contribution in [0.3, 0.4) is 0 Å². The second-order valence-electron chi connectivity index (χ2n) is 8.72. The van der Waals surface area contributed by atoms with Gasteiger partial charge < -0.3 is 14.1 Å². The molecule has 0 bridgehead atoms. The highest BCUT2D eigenvalue weighted by molar-refractivity contribution is 6.74. The molecule has 1 aliphatic heterocycles. The lowest BCUT2D eigenvalue weighted by atomic mass is 10.2. The van der Waals surface area contributed by atoms with Gasteiger partial charge in [-0.25, -0.2) is 4.79 Å². The Morgan fingerprint density at radius 1 is 1.14 bits per heavy atom. The number of carbonyl (C=O) groups is 1. The van der Waals surface area contributed by atoms with E-state index in [0.717, 1.165) is 6.42 Å². The van der Waals surface area contributed by atoms with E-state index in [-0.39, 0.29) is 23.3 Å². The first kappa shape index (κ1) is 18.5. The number of nitrogens with zero attached hydrogens (tertiary/aromatic N) is 1. The third kappa shape index (κ3) is 4.99. The molecule has 0 aromatic rings. The van der Waals surface area contributed by atoms with Gasteiger partial charge >= 0.3 is 6.09 Å². The van der Waals surface area contributed by atoms with Gasteiger partial charge in [-0.2, -0.15) is 0 Å². The van der Waals surface area contributed by atoms with Crippen LogP contribution in [0.4, 0.5) is 4.79 Å². The maximum absolute atomic E-state index is 12.2. The summed E-state index contributed by atoms with van der Waals surface area (Å²) < 4.78 is 11.9. The van der Waals surface area contributed by atoms with E-state index >= 15 is 0 Å². The molecule has 1 amide bonds. The van der Waals surface area contributed by atoms with Gasteiger partial charge in [0.1, 0.15) is 5.60 Å². The van der Waals surface area contributed by atoms with Crippen LogP contribution in [0.1, 0.15) is 54.9 Å². The summed E-state index contributed by atoms with van der Waals surface area (Å²) in [5, 5.41) is 0.190. The molecule has 1 unspecified atom stereocenters. The molecule has 0 aliphatic carbocycles. The monoisotopic (exact) mass is 315 g/mol. The molecule has 0 aromatic heterocycles. The minimum atomic E-state index is -1.79. The fourth-order valence-electron chi connectivity index (χ4n) is 2.24. The van der Waals surface area contributed by atoms with Gasteiger partial charge in [0.2, 0.25) is 0 Å². The molecule has 1 heterocycles. The van der Waals surface area contributed by atoms with Crippen molar-refractivity contribution in [2.24, 2.45) is 0 Å². The quantitative estimate of drug-likeness (QED) is 0.709. The fourth-order valence-corrected chi connectivity index (χ4v) is 3.59. The highest BCUT2D eigenvalue weighted by Crippen LogP contribution is 2.39. The van der Waals surface area contributed by atoms with Crippen LogP contribution in [0.2, 0.25) is 18.1 Å². The molecule has 4 nitrogen and oxygen atoms in total. The van der Waals surface area contributed by atoms with Crippen molar-refractivity contribution in [3.05, 3.63) is 0 Å². The fraction of sp³-hybridized carbons (Fsp3) is 0.938. The molecule has 1 fully saturated rings. The van der Waals surface area contributed by atoms with Crippen molar-refractivity contribution in [3.63, 3.8) is 0 Å². The predicted octanol–water partition coefficient (Wildman–Crippen LogP) is 4.41. The molecule has 21 heavy (non-hydrogen) atoms. The highest BCUT2D eigenvalue weighted by Gasteiger charge is 2.43. The lowest BCUT2D eigenvalue weighted by Gasteiger charge is -2.38. The van der Waals surface area contributed by atoms with Crippen LogP contribution < -0.4 is 0 Å². The van der Waals surface area contributed by atoms with Gasteiger partial charge in [0.05, 0.1) is 6.10 Å². The van der Waals surface area contributed by atoms with Crippen molar-refractivity contribution in [2.45, 2.75) is 90.8 Å². The minimum Gasteiger partial charge on any atom is -0.444 e. The lowest BCUT2D eigenvalue weighted by molar-refractivity contribution is 0.0222. The van der Waals surface area contributed by atoms with Gasteiger partial charge in [-0.1, -0.05) is 20.8 Å². The van der Waals surface area contributed by atoms with E-state index in [9.17, 15) is 4.79 Å². The molecule has 1 aliphatic rings. The largest absolute Gasteiger partial charge is 0.444 e. The molecule has 1 rings (SSSR count). The average Bonchev–Trinajstić information content (AvgIpc) is 2.54. The zero-order valence-corrected chi connectivity index (χ0v) is 16.2. The van der Waals surface area contributed by atoms with Crippen molar-refractivity contribution in [1.29, 1.82) is 0 Å². The second-order valence-corrected chi connectivity index (χ2v) is 13.5. The smallest absolute Gasteiger partial charge is 0.410 e. The Hall–Kier alpha value is -0.553. The average molecular weight is 316 g/mol. The van der Waals surface area contributed by atoms with Gasteiger partial charge in [0.15, 0.2) is 8.32 Å². The third-order valence-corrected chi connectivity index (χ3v) is 8.97. The van der Waals surface area contributed by atoms with E-state index in [1.54, 1.807) is 0 Å². The van der Waals surface area contributed by atoms with Gasteiger partial charge in [0, 0.05) is 12.6 Å². The van der Waals surface area contributed by atoms with Gasteiger partial charge in [0.25, 0.3) is 0 Å². The predicted molar refractivity (Wildman–Crippen MR) is 89.1 cm³/mol. The number of ether oxygens (including phenoxy) is 1. The number of likely N-dealkylation sites (tertiary alicyclic amines) is 1. The van der Waals surface area contributed by atoms with Crippen LogP contribution in [0, 0.1) is 0 Å². The standard InChI is InChI=1S/C16H33NO3Si/c1-12-10-13(20-21(8,9)16(5,6)7)11-17(12)14(18)19-15(2,3)4/h12-13H,10-11H2,1-9H3/t12?,13-/m1/s1. The molecule has 0 aromatic carbocycles. The lowest BCUT2D eigenvalue weighted by Crippen LogP contribution is -2.45. The number of rotatable bonds is 2. The van der Waals surface area contributed by atoms with Crippen molar-refractivity contribution in [1.82, 2.24) is 4.90 Å². The van der Waals surface area contributed by atoms with Crippen LogP contribution in [0.15, 0.2) is 0 Å². The number of hydrogen-bond donors (Lipinski definition) is 0. The zero-order valence-electron chi connectivity index (χ0n) is 15.2. The Labute approximate surface area is 131 Å². The molecule has 0 saturated carbocycles. The van der Waals surface area contributed by atoms with Gasteiger partial charge in [-0.15, -0.1) is 0 Å². The van der Waals surface area contributed by atoms with Gasteiger partial charge in [-0.05, 0) is 52.2 Å². The van der Waals surface area contributed by atoms with E-state index < -0.39 is 13.9 Å². The van der Waals surface area contributed by atoms with Gasteiger partial charge in [-0.3, -0.25) is 0 Å². The molecule has 2 atom stereocenters. The molecular formula is C16H33NO3Si.